The van der Waals surface area contributed by atoms with Crippen LogP contribution < -0.4 is 5.73 Å². The second-order valence-corrected chi connectivity index (χ2v) is 6.28. The summed E-state index contributed by atoms with van der Waals surface area (Å²) in [4.78, 5) is 14.6. The molecule has 1 atom stereocenters. The molecule has 0 spiro atoms. The highest BCUT2D eigenvalue weighted by Gasteiger charge is 2.31. The van der Waals surface area contributed by atoms with E-state index in [1.54, 1.807) is 0 Å². The van der Waals surface area contributed by atoms with Crippen LogP contribution in [0.2, 0.25) is 0 Å². The summed E-state index contributed by atoms with van der Waals surface area (Å²) in [5.74, 6) is 2.17. The van der Waals surface area contributed by atoms with Crippen molar-refractivity contribution in [2.45, 2.75) is 65.8 Å². The van der Waals surface area contributed by atoms with Crippen LogP contribution in [-0.4, -0.2) is 29.9 Å². The van der Waals surface area contributed by atoms with E-state index in [9.17, 15) is 4.79 Å². The van der Waals surface area contributed by atoms with E-state index in [0.717, 1.165) is 37.6 Å². The molecule has 0 aromatic rings. The topological polar surface area (TPSA) is 46.3 Å². The largest absolute Gasteiger partial charge is 0.338 e. The van der Waals surface area contributed by atoms with Crippen molar-refractivity contribution in [2.24, 2.45) is 23.5 Å². The maximum atomic E-state index is 12.6. The molecule has 0 aromatic heterocycles. The molecule has 0 radical (unpaired) electrons. The van der Waals surface area contributed by atoms with Crippen LogP contribution in [0.25, 0.3) is 0 Å². The third-order valence-corrected chi connectivity index (χ3v) is 4.87. The summed E-state index contributed by atoms with van der Waals surface area (Å²) in [6.07, 6.45) is 5.52. The summed E-state index contributed by atoms with van der Waals surface area (Å²) < 4.78 is 0. The van der Waals surface area contributed by atoms with Gasteiger partial charge in [0.1, 0.15) is 0 Å². The van der Waals surface area contributed by atoms with E-state index in [0.29, 0.717) is 12.5 Å². The van der Waals surface area contributed by atoms with Gasteiger partial charge in [0, 0.05) is 25.0 Å². The fraction of sp³-hybridized carbons (Fsp3) is 0.938. The number of hydrogen-bond acceptors (Lipinski definition) is 2. The van der Waals surface area contributed by atoms with Crippen molar-refractivity contribution in [2.75, 3.05) is 13.1 Å². The van der Waals surface area contributed by atoms with E-state index >= 15 is 0 Å². The highest BCUT2D eigenvalue weighted by Crippen LogP contribution is 2.34. The van der Waals surface area contributed by atoms with Gasteiger partial charge in [-0.1, -0.05) is 20.8 Å². The predicted octanol–water partition coefficient (Wildman–Crippen LogP) is 3.03. The van der Waals surface area contributed by atoms with Gasteiger partial charge >= 0.3 is 0 Å². The summed E-state index contributed by atoms with van der Waals surface area (Å²) in [5.41, 5.74) is 5.79. The van der Waals surface area contributed by atoms with E-state index in [1.807, 2.05) is 4.90 Å². The Morgan fingerprint density at radius 2 is 1.79 bits per heavy atom. The summed E-state index contributed by atoms with van der Waals surface area (Å²) >= 11 is 0. The van der Waals surface area contributed by atoms with Crippen LogP contribution in [0.1, 0.15) is 59.8 Å². The summed E-state index contributed by atoms with van der Waals surface area (Å²) in [7, 11) is 0. The van der Waals surface area contributed by atoms with E-state index in [4.69, 9.17) is 5.73 Å². The number of nitrogens with zero attached hydrogens (tertiary/aromatic N) is 1. The fourth-order valence-corrected chi connectivity index (χ4v) is 3.38. The van der Waals surface area contributed by atoms with Crippen LogP contribution in [0, 0.1) is 17.8 Å². The molecule has 0 aliphatic heterocycles. The Balaban J connectivity index is 2.57. The molecule has 112 valence electrons. The minimum atomic E-state index is 0.223. The first-order valence-corrected chi connectivity index (χ1v) is 8.05. The second kappa shape index (κ2) is 7.88. The molecule has 1 rings (SSSR count). The minimum Gasteiger partial charge on any atom is -0.338 e. The van der Waals surface area contributed by atoms with Gasteiger partial charge in [-0.25, -0.2) is 0 Å². The molecule has 1 aliphatic rings. The summed E-state index contributed by atoms with van der Waals surface area (Å²) in [6.45, 7) is 10.1. The van der Waals surface area contributed by atoms with Crippen LogP contribution in [0.4, 0.5) is 0 Å². The number of carbonyl (C=O) groups excluding carboxylic acids is 1. The number of amides is 1. The predicted molar refractivity (Wildman–Crippen MR) is 80.8 cm³/mol. The van der Waals surface area contributed by atoms with Crippen molar-refractivity contribution in [3.8, 4) is 0 Å². The monoisotopic (exact) mass is 268 g/mol. The van der Waals surface area contributed by atoms with Gasteiger partial charge in [0.2, 0.25) is 5.91 Å². The Hall–Kier alpha value is -0.570. The first-order chi connectivity index (χ1) is 9.04. The average Bonchev–Trinajstić information content (AvgIpc) is 2.44. The summed E-state index contributed by atoms with van der Waals surface area (Å²) in [6, 6.07) is 0.223. The Labute approximate surface area is 118 Å². The van der Waals surface area contributed by atoms with E-state index < -0.39 is 0 Å². The number of rotatable bonds is 6. The molecule has 1 aliphatic carbocycles. The zero-order valence-electron chi connectivity index (χ0n) is 13.2. The van der Waals surface area contributed by atoms with Crippen LogP contribution in [0.15, 0.2) is 0 Å². The molecule has 3 nitrogen and oxygen atoms in total. The van der Waals surface area contributed by atoms with Crippen molar-refractivity contribution in [1.82, 2.24) is 4.90 Å². The standard InChI is InChI=1S/C16H32N2O/c1-5-15(11-17)18(6-2)16(19)14-9-7-13(8-10-14)12(3)4/h12-15H,5-11,17H2,1-4H3/t13?,14?,15-/m1/s1. The normalized spacial score (nSPS) is 25.4. The molecular formula is C16H32N2O. The van der Waals surface area contributed by atoms with Crippen LogP contribution in [0.5, 0.6) is 0 Å². The van der Waals surface area contributed by atoms with Gasteiger partial charge in [0.15, 0.2) is 0 Å². The van der Waals surface area contributed by atoms with E-state index in [-0.39, 0.29) is 12.0 Å². The van der Waals surface area contributed by atoms with Gasteiger partial charge in [-0.05, 0) is 50.9 Å². The number of carbonyl (C=O) groups is 1. The number of hydrogen-bond donors (Lipinski definition) is 1. The third kappa shape index (κ3) is 4.20. The van der Waals surface area contributed by atoms with Crippen molar-refractivity contribution in [3.05, 3.63) is 0 Å². The lowest BCUT2D eigenvalue weighted by Crippen LogP contribution is -2.47. The second-order valence-electron chi connectivity index (χ2n) is 6.28. The zero-order valence-corrected chi connectivity index (χ0v) is 13.2. The highest BCUT2D eigenvalue weighted by atomic mass is 16.2. The SMILES string of the molecule is CC[C@H](CN)N(CC)C(=O)C1CCC(C(C)C)CC1. The van der Waals surface area contributed by atoms with Gasteiger partial charge in [-0.3, -0.25) is 4.79 Å². The average molecular weight is 268 g/mol. The van der Waals surface area contributed by atoms with Crippen molar-refractivity contribution < 1.29 is 4.79 Å². The van der Waals surface area contributed by atoms with Gasteiger partial charge in [-0.2, -0.15) is 0 Å². The van der Waals surface area contributed by atoms with E-state index in [1.165, 1.54) is 12.8 Å². The van der Waals surface area contributed by atoms with Crippen molar-refractivity contribution in [1.29, 1.82) is 0 Å². The summed E-state index contributed by atoms with van der Waals surface area (Å²) in [5, 5.41) is 0. The van der Waals surface area contributed by atoms with Crippen LogP contribution >= 0.6 is 0 Å². The minimum absolute atomic E-state index is 0.223. The van der Waals surface area contributed by atoms with Crippen molar-refractivity contribution in [3.63, 3.8) is 0 Å². The van der Waals surface area contributed by atoms with Gasteiger partial charge in [0.25, 0.3) is 0 Å². The molecular weight excluding hydrogens is 236 g/mol. The Morgan fingerprint density at radius 1 is 1.21 bits per heavy atom. The lowest BCUT2D eigenvalue weighted by Gasteiger charge is -2.36. The van der Waals surface area contributed by atoms with Gasteiger partial charge in [-0.15, -0.1) is 0 Å². The lowest BCUT2D eigenvalue weighted by atomic mass is 9.76. The first kappa shape index (κ1) is 16.5. The molecule has 2 N–H and O–H groups in total. The maximum absolute atomic E-state index is 12.6. The molecule has 0 aromatic carbocycles. The highest BCUT2D eigenvalue weighted by molar-refractivity contribution is 5.79. The molecule has 1 fully saturated rings. The molecule has 0 unspecified atom stereocenters. The van der Waals surface area contributed by atoms with Gasteiger partial charge < -0.3 is 10.6 Å². The number of nitrogens with two attached hydrogens (primary N) is 1. The molecule has 1 amide bonds. The molecule has 1 saturated carbocycles. The maximum Gasteiger partial charge on any atom is 0.225 e. The van der Waals surface area contributed by atoms with Crippen LogP contribution in [0.3, 0.4) is 0 Å². The zero-order chi connectivity index (χ0) is 14.4. The molecule has 19 heavy (non-hydrogen) atoms. The molecule has 0 saturated heterocycles. The lowest BCUT2D eigenvalue weighted by molar-refractivity contribution is -0.139. The molecule has 0 bridgehead atoms. The van der Waals surface area contributed by atoms with Crippen LogP contribution in [-0.2, 0) is 4.79 Å². The molecule has 0 heterocycles. The Kier molecular flexibility index (Phi) is 6.84. The number of likely N-dealkylation sites (N-methyl/N-ethyl adjacent to an activating group) is 1. The van der Waals surface area contributed by atoms with E-state index in [2.05, 4.69) is 27.7 Å². The quantitative estimate of drug-likeness (QED) is 0.805. The smallest absolute Gasteiger partial charge is 0.225 e. The fourth-order valence-electron chi connectivity index (χ4n) is 3.38. The first-order valence-electron chi connectivity index (χ1n) is 8.05. The third-order valence-electron chi connectivity index (χ3n) is 4.87. The molecule has 3 heteroatoms. The van der Waals surface area contributed by atoms with Crippen molar-refractivity contribution >= 4 is 5.91 Å². The van der Waals surface area contributed by atoms with Gasteiger partial charge in [0.05, 0.1) is 0 Å². The Morgan fingerprint density at radius 3 is 2.16 bits per heavy atom. The Bertz CT molecular complexity index is 266.